The summed E-state index contributed by atoms with van der Waals surface area (Å²) in [6.07, 6.45) is 2.37. The zero-order chi connectivity index (χ0) is 17.3. The molecule has 4 bridgehead atoms. The molecule has 4 aliphatic rings. The average Bonchev–Trinajstić information content (AvgIpc) is 2.96. The Morgan fingerprint density at radius 1 is 1.40 bits per heavy atom. The van der Waals surface area contributed by atoms with Crippen LogP contribution in [0.1, 0.15) is 31.7 Å². The SMILES string of the molecule is C[C@H](O)C[C@H]1C[C@@H]2N3COC[C@@H]1[C@@H]3C[C@]21C(=O)N(C)c2ccccc21. The summed E-state index contributed by atoms with van der Waals surface area (Å²) in [6.45, 7) is 3.26. The number of benzene rings is 1. The molecule has 3 saturated heterocycles. The van der Waals surface area contributed by atoms with Gasteiger partial charge in [-0.05, 0) is 43.7 Å². The van der Waals surface area contributed by atoms with E-state index in [1.165, 1.54) is 5.56 Å². The molecule has 7 atom stereocenters. The lowest BCUT2D eigenvalue weighted by Gasteiger charge is -2.49. The number of ether oxygens (including phenoxy) is 1. The predicted octanol–water partition coefficient (Wildman–Crippen LogP) is 1.74. The molecule has 0 radical (unpaired) electrons. The van der Waals surface area contributed by atoms with Crippen LogP contribution in [0.2, 0.25) is 0 Å². The van der Waals surface area contributed by atoms with Gasteiger partial charge in [-0.15, -0.1) is 0 Å². The Morgan fingerprint density at radius 2 is 2.20 bits per heavy atom. The number of aliphatic hydroxyl groups excluding tert-OH is 1. The first-order chi connectivity index (χ1) is 12.0. The summed E-state index contributed by atoms with van der Waals surface area (Å²) in [5.74, 6) is 1.09. The Labute approximate surface area is 148 Å². The third-order valence-electron chi connectivity index (χ3n) is 7.18. The van der Waals surface area contributed by atoms with Gasteiger partial charge in [-0.3, -0.25) is 9.69 Å². The first kappa shape index (κ1) is 15.8. The number of hydrogen-bond donors (Lipinski definition) is 1. The molecule has 0 saturated carbocycles. The first-order valence-electron chi connectivity index (χ1n) is 9.43. The van der Waals surface area contributed by atoms with E-state index in [9.17, 15) is 9.90 Å². The number of carbonyl (C=O) groups excluding carboxylic acids is 1. The van der Waals surface area contributed by atoms with Gasteiger partial charge in [-0.1, -0.05) is 18.2 Å². The van der Waals surface area contributed by atoms with Crippen molar-refractivity contribution in [3.05, 3.63) is 29.8 Å². The Kier molecular flexibility index (Phi) is 3.34. The molecule has 4 heterocycles. The molecule has 1 unspecified atom stereocenters. The van der Waals surface area contributed by atoms with Gasteiger partial charge >= 0.3 is 0 Å². The Bertz CT molecular complexity index is 721. The summed E-state index contributed by atoms with van der Waals surface area (Å²) in [5, 5.41) is 9.97. The third kappa shape index (κ3) is 1.92. The second-order valence-corrected chi connectivity index (χ2v) is 8.40. The molecule has 5 rings (SSSR count). The maximum atomic E-state index is 13.5. The number of aliphatic hydroxyl groups is 1. The van der Waals surface area contributed by atoms with Gasteiger partial charge in [0.15, 0.2) is 0 Å². The number of nitrogens with zero attached hydrogens (tertiary/aromatic N) is 2. The van der Waals surface area contributed by atoms with Crippen LogP contribution in [0.15, 0.2) is 24.3 Å². The number of para-hydroxylation sites is 1. The fourth-order valence-corrected chi connectivity index (χ4v) is 6.23. The second kappa shape index (κ2) is 5.29. The normalized spacial score (nSPS) is 42.8. The van der Waals surface area contributed by atoms with Crippen LogP contribution in [0.5, 0.6) is 0 Å². The molecule has 1 amide bonds. The van der Waals surface area contributed by atoms with Gasteiger partial charge in [0.05, 0.1) is 24.9 Å². The molecule has 1 aromatic rings. The van der Waals surface area contributed by atoms with Gasteiger partial charge in [-0.25, -0.2) is 0 Å². The molecule has 3 fully saturated rings. The van der Waals surface area contributed by atoms with Crippen molar-refractivity contribution in [2.45, 2.75) is 49.8 Å². The lowest BCUT2D eigenvalue weighted by molar-refractivity contribution is -0.138. The van der Waals surface area contributed by atoms with E-state index >= 15 is 0 Å². The van der Waals surface area contributed by atoms with Gasteiger partial charge < -0.3 is 14.7 Å². The van der Waals surface area contributed by atoms with Crippen LogP contribution in [0.4, 0.5) is 5.69 Å². The number of anilines is 1. The molecule has 134 valence electrons. The fraction of sp³-hybridized carbons (Fsp3) is 0.650. The molecular formula is C20H26N2O3. The zero-order valence-electron chi connectivity index (χ0n) is 14.9. The van der Waals surface area contributed by atoms with Crippen molar-refractivity contribution >= 4 is 11.6 Å². The zero-order valence-corrected chi connectivity index (χ0v) is 14.9. The Hall–Kier alpha value is -1.43. The van der Waals surface area contributed by atoms with Gasteiger partial charge in [0.25, 0.3) is 0 Å². The molecule has 4 aliphatic heterocycles. The second-order valence-electron chi connectivity index (χ2n) is 8.40. The maximum Gasteiger partial charge on any atom is 0.239 e. The molecule has 1 spiro atoms. The van der Waals surface area contributed by atoms with Gasteiger partial charge in [-0.2, -0.15) is 0 Å². The van der Waals surface area contributed by atoms with E-state index in [1.807, 2.05) is 24.9 Å². The monoisotopic (exact) mass is 342 g/mol. The quantitative estimate of drug-likeness (QED) is 0.889. The maximum absolute atomic E-state index is 13.5. The molecule has 0 aliphatic carbocycles. The molecule has 1 N–H and O–H groups in total. The number of piperidine rings is 1. The van der Waals surface area contributed by atoms with Crippen molar-refractivity contribution in [3.63, 3.8) is 0 Å². The van der Waals surface area contributed by atoms with Gasteiger partial charge in [0.1, 0.15) is 0 Å². The molecular weight excluding hydrogens is 316 g/mol. The highest BCUT2D eigenvalue weighted by atomic mass is 16.5. The molecule has 1 aromatic carbocycles. The number of amides is 1. The molecule has 25 heavy (non-hydrogen) atoms. The van der Waals surface area contributed by atoms with Crippen molar-refractivity contribution in [1.29, 1.82) is 0 Å². The number of rotatable bonds is 2. The van der Waals surface area contributed by atoms with Crippen molar-refractivity contribution in [1.82, 2.24) is 4.90 Å². The topological polar surface area (TPSA) is 53.0 Å². The van der Waals surface area contributed by atoms with Crippen LogP contribution >= 0.6 is 0 Å². The number of hydrogen-bond acceptors (Lipinski definition) is 4. The minimum atomic E-state index is -0.435. The van der Waals surface area contributed by atoms with Crippen molar-refractivity contribution < 1.29 is 14.6 Å². The van der Waals surface area contributed by atoms with Crippen molar-refractivity contribution in [2.75, 3.05) is 25.3 Å². The summed E-state index contributed by atoms with van der Waals surface area (Å²) in [5.41, 5.74) is 1.82. The van der Waals surface area contributed by atoms with Gasteiger partial charge in [0, 0.05) is 30.7 Å². The third-order valence-corrected chi connectivity index (χ3v) is 7.18. The fourth-order valence-electron chi connectivity index (χ4n) is 6.23. The van der Waals surface area contributed by atoms with E-state index in [-0.39, 0.29) is 18.1 Å². The molecule has 5 nitrogen and oxygen atoms in total. The highest BCUT2D eigenvalue weighted by molar-refractivity contribution is 6.08. The van der Waals surface area contributed by atoms with Crippen molar-refractivity contribution in [3.8, 4) is 0 Å². The Balaban J connectivity index is 1.62. The highest BCUT2D eigenvalue weighted by Crippen LogP contribution is 2.59. The minimum absolute atomic E-state index is 0.177. The number of carbonyl (C=O) groups is 1. The minimum Gasteiger partial charge on any atom is -0.393 e. The summed E-state index contributed by atoms with van der Waals surface area (Å²) < 4.78 is 5.90. The Morgan fingerprint density at radius 3 is 3.00 bits per heavy atom. The highest BCUT2D eigenvalue weighted by Gasteiger charge is 2.67. The van der Waals surface area contributed by atoms with Crippen LogP contribution < -0.4 is 4.90 Å². The molecule has 5 heteroatoms. The average molecular weight is 342 g/mol. The van der Waals surface area contributed by atoms with E-state index < -0.39 is 5.41 Å². The van der Waals surface area contributed by atoms with Crippen LogP contribution in [0, 0.1) is 11.8 Å². The van der Waals surface area contributed by atoms with Crippen LogP contribution in [0.3, 0.4) is 0 Å². The number of fused-ring (bicyclic) bond motifs is 3. The van der Waals surface area contributed by atoms with Crippen LogP contribution in [-0.4, -0.2) is 54.5 Å². The lowest BCUT2D eigenvalue weighted by Crippen LogP contribution is -2.58. The predicted molar refractivity (Wildman–Crippen MR) is 94.3 cm³/mol. The largest absolute Gasteiger partial charge is 0.393 e. The van der Waals surface area contributed by atoms with Crippen LogP contribution in [-0.2, 0) is 14.9 Å². The van der Waals surface area contributed by atoms with Gasteiger partial charge in [0.2, 0.25) is 5.91 Å². The van der Waals surface area contributed by atoms with E-state index in [4.69, 9.17) is 4.74 Å². The van der Waals surface area contributed by atoms with E-state index in [0.29, 0.717) is 24.6 Å². The summed E-state index contributed by atoms with van der Waals surface area (Å²) >= 11 is 0. The van der Waals surface area contributed by atoms with Crippen molar-refractivity contribution in [2.24, 2.45) is 11.8 Å². The summed E-state index contributed by atoms with van der Waals surface area (Å²) in [4.78, 5) is 17.8. The number of likely N-dealkylation sites (N-methyl/N-ethyl adjacent to an activating group) is 1. The lowest BCUT2D eigenvalue weighted by atomic mass is 9.72. The molecule has 0 aromatic heterocycles. The van der Waals surface area contributed by atoms with E-state index in [1.54, 1.807) is 0 Å². The smallest absolute Gasteiger partial charge is 0.239 e. The van der Waals surface area contributed by atoms with Crippen LogP contribution in [0.25, 0.3) is 0 Å². The standard InChI is InChI=1S/C20H26N2O3/c1-12(23)7-13-8-18-20(9-17-14(13)10-25-11-22(17)18)15-5-3-4-6-16(15)21(2)19(20)24/h3-6,12-14,17-18,23H,7-11H2,1-2H3/t12-,13-,14-,17-,18-,20+/m0/s1. The van der Waals surface area contributed by atoms with E-state index in [2.05, 4.69) is 23.1 Å². The first-order valence-corrected chi connectivity index (χ1v) is 9.43. The van der Waals surface area contributed by atoms with E-state index in [0.717, 1.165) is 31.6 Å². The summed E-state index contributed by atoms with van der Waals surface area (Å²) in [6, 6.07) is 8.85. The summed E-state index contributed by atoms with van der Waals surface area (Å²) in [7, 11) is 1.91.